The normalized spacial score (nSPS) is 17.5. The van der Waals surface area contributed by atoms with Crippen LogP contribution in [0.5, 0.6) is 0 Å². The second kappa shape index (κ2) is 9.11. The van der Waals surface area contributed by atoms with Crippen LogP contribution in [0.3, 0.4) is 0 Å². The molecule has 0 aliphatic carbocycles. The lowest BCUT2D eigenvalue weighted by Gasteiger charge is -2.33. The number of nitrogens with zero attached hydrogens (tertiary/aromatic N) is 1. The predicted molar refractivity (Wildman–Crippen MR) is 113 cm³/mol. The average molecular weight is 443 g/mol. The van der Waals surface area contributed by atoms with Gasteiger partial charge in [-0.1, -0.05) is 35.3 Å². The van der Waals surface area contributed by atoms with Crippen LogP contribution in [0.2, 0.25) is 10.0 Å². The summed E-state index contributed by atoms with van der Waals surface area (Å²) in [6, 6.07) is 10.7. The zero-order chi connectivity index (χ0) is 20.3. The summed E-state index contributed by atoms with van der Waals surface area (Å²) in [5.74, 6) is 0.0765. The van der Waals surface area contributed by atoms with Gasteiger partial charge in [-0.3, -0.25) is 0 Å². The molecule has 0 aromatic heterocycles. The van der Waals surface area contributed by atoms with Crippen LogP contribution in [0.25, 0.3) is 0 Å². The van der Waals surface area contributed by atoms with Gasteiger partial charge >= 0.3 is 0 Å². The Balaban J connectivity index is 1.84. The fourth-order valence-electron chi connectivity index (χ4n) is 3.49. The van der Waals surface area contributed by atoms with E-state index in [0.29, 0.717) is 23.3 Å². The Morgan fingerprint density at radius 2 is 1.93 bits per heavy atom. The largest absolute Gasteiger partial charge is 0.380 e. The van der Waals surface area contributed by atoms with E-state index in [4.69, 9.17) is 27.9 Å². The first kappa shape index (κ1) is 21.6. The second-order valence-electron chi connectivity index (χ2n) is 6.87. The molecule has 0 bridgehead atoms. The topological polar surface area (TPSA) is 58.6 Å². The number of rotatable bonds is 7. The second-order valence-corrected chi connectivity index (χ2v) is 9.48. The van der Waals surface area contributed by atoms with Gasteiger partial charge in [0.1, 0.15) is 0 Å². The molecule has 1 aliphatic heterocycles. The Morgan fingerprint density at radius 1 is 1.21 bits per heavy atom. The van der Waals surface area contributed by atoms with Gasteiger partial charge in [0, 0.05) is 42.2 Å². The molecule has 1 atom stereocenters. The van der Waals surface area contributed by atoms with E-state index in [-0.39, 0.29) is 17.4 Å². The van der Waals surface area contributed by atoms with Crippen LogP contribution in [0, 0.1) is 0 Å². The molecule has 0 saturated carbocycles. The molecule has 1 heterocycles. The minimum absolute atomic E-state index is 0.0765. The van der Waals surface area contributed by atoms with Crippen molar-refractivity contribution < 1.29 is 13.2 Å². The van der Waals surface area contributed by atoms with Crippen LogP contribution in [0.4, 0.5) is 0 Å². The van der Waals surface area contributed by atoms with Gasteiger partial charge in [0.05, 0.1) is 11.5 Å². The Morgan fingerprint density at radius 3 is 2.61 bits per heavy atom. The number of hydrogen-bond acceptors (Lipinski definition) is 4. The standard InChI is InChI=1S/C20H24Cl2N2O3S/c1-3-27-9-8-23-28(25,26)16-6-4-14(5-7-16)18-12-24(2)13-19-17(18)10-15(21)11-20(19)22/h4-7,10-11,18,23H,3,8-9,12-13H2,1-2H3/t18-/m0/s1. The number of sulfonamides is 1. The van der Waals surface area contributed by atoms with E-state index in [1.807, 2.05) is 32.2 Å². The maximum absolute atomic E-state index is 12.4. The lowest BCUT2D eigenvalue weighted by atomic mass is 9.85. The molecule has 2 aromatic rings. The summed E-state index contributed by atoms with van der Waals surface area (Å²) in [7, 11) is -1.51. The number of hydrogen-bond donors (Lipinski definition) is 1. The molecule has 3 rings (SSSR count). The molecule has 5 nitrogen and oxygen atoms in total. The number of fused-ring (bicyclic) bond motifs is 1. The minimum Gasteiger partial charge on any atom is -0.380 e. The maximum atomic E-state index is 12.4. The monoisotopic (exact) mass is 442 g/mol. The Hall–Kier alpha value is -1.15. The molecule has 152 valence electrons. The molecule has 2 aromatic carbocycles. The van der Waals surface area contributed by atoms with Gasteiger partial charge in [-0.25, -0.2) is 13.1 Å². The van der Waals surface area contributed by atoms with Crippen LogP contribution >= 0.6 is 23.2 Å². The highest BCUT2D eigenvalue weighted by atomic mass is 35.5. The summed E-state index contributed by atoms with van der Waals surface area (Å²) in [5, 5.41) is 1.27. The SMILES string of the molecule is CCOCCNS(=O)(=O)c1ccc([C@@H]2CN(C)Cc3c(Cl)cc(Cl)cc32)cc1. The number of benzene rings is 2. The third-order valence-electron chi connectivity index (χ3n) is 4.83. The van der Waals surface area contributed by atoms with Gasteiger partial charge in [-0.05, 0) is 54.9 Å². The van der Waals surface area contributed by atoms with Crippen molar-refractivity contribution in [2.75, 3.05) is 33.4 Å². The Labute approximate surface area is 176 Å². The lowest BCUT2D eigenvalue weighted by molar-refractivity contribution is 0.153. The summed E-state index contributed by atoms with van der Waals surface area (Å²) >= 11 is 12.6. The predicted octanol–water partition coefficient (Wildman–Crippen LogP) is 3.89. The van der Waals surface area contributed by atoms with Crippen molar-refractivity contribution in [3.05, 3.63) is 63.1 Å². The number of likely N-dealkylation sites (N-methyl/N-ethyl adjacent to an activating group) is 1. The zero-order valence-corrected chi connectivity index (χ0v) is 18.2. The van der Waals surface area contributed by atoms with Crippen molar-refractivity contribution in [3.8, 4) is 0 Å². The molecule has 0 unspecified atom stereocenters. The first-order chi connectivity index (χ1) is 13.3. The smallest absolute Gasteiger partial charge is 0.240 e. The molecular weight excluding hydrogens is 419 g/mol. The third-order valence-corrected chi connectivity index (χ3v) is 6.86. The van der Waals surface area contributed by atoms with Crippen LogP contribution < -0.4 is 4.72 Å². The van der Waals surface area contributed by atoms with Crippen molar-refractivity contribution in [1.82, 2.24) is 9.62 Å². The van der Waals surface area contributed by atoms with Gasteiger partial charge in [0.25, 0.3) is 0 Å². The molecule has 1 aliphatic rings. The maximum Gasteiger partial charge on any atom is 0.240 e. The highest BCUT2D eigenvalue weighted by Gasteiger charge is 2.27. The molecule has 1 N–H and O–H groups in total. The van der Waals surface area contributed by atoms with E-state index in [2.05, 4.69) is 9.62 Å². The van der Waals surface area contributed by atoms with E-state index >= 15 is 0 Å². The van der Waals surface area contributed by atoms with Crippen molar-refractivity contribution >= 4 is 33.2 Å². The van der Waals surface area contributed by atoms with Gasteiger partial charge in [-0.15, -0.1) is 0 Å². The van der Waals surface area contributed by atoms with E-state index in [1.54, 1.807) is 18.2 Å². The van der Waals surface area contributed by atoms with Crippen LogP contribution in [0.15, 0.2) is 41.3 Å². The fourth-order valence-corrected chi connectivity index (χ4v) is 5.07. The van der Waals surface area contributed by atoms with Crippen molar-refractivity contribution in [2.24, 2.45) is 0 Å². The van der Waals surface area contributed by atoms with Gasteiger partial charge in [0.2, 0.25) is 10.0 Å². The zero-order valence-electron chi connectivity index (χ0n) is 15.9. The quantitative estimate of drug-likeness (QED) is 0.660. The first-order valence-electron chi connectivity index (χ1n) is 9.15. The van der Waals surface area contributed by atoms with Crippen molar-refractivity contribution in [3.63, 3.8) is 0 Å². The summed E-state index contributed by atoms with van der Waals surface area (Å²) in [5.41, 5.74) is 3.19. The van der Waals surface area contributed by atoms with E-state index in [9.17, 15) is 8.42 Å². The Bertz CT molecular complexity index is 933. The van der Waals surface area contributed by atoms with E-state index in [1.165, 1.54) is 0 Å². The van der Waals surface area contributed by atoms with Crippen molar-refractivity contribution in [1.29, 1.82) is 0 Å². The highest BCUT2D eigenvalue weighted by molar-refractivity contribution is 7.89. The summed E-state index contributed by atoms with van der Waals surface area (Å²) in [6.07, 6.45) is 0. The average Bonchev–Trinajstić information content (AvgIpc) is 2.65. The number of nitrogens with one attached hydrogen (secondary N) is 1. The fraction of sp³-hybridized carbons (Fsp3) is 0.400. The molecular formula is C20H24Cl2N2O3S. The highest BCUT2D eigenvalue weighted by Crippen LogP contribution is 2.38. The molecule has 0 amide bonds. The van der Waals surface area contributed by atoms with Gasteiger partial charge in [-0.2, -0.15) is 0 Å². The molecule has 0 radical (unpaired) electrons. The van der Waals surface area contributed by atoms with E-state index < -0.39 is 10.0 Å². The summed E-state index contributed by atoms with van der Waals surface area (Å²) in [4.78, 5) is 2.44. The summed E-state index contributed by atoms with van der Waals surface area (Å²) < 4.78 is 32.5. The van der Waals surface area contributed by atoms with Gasteiger partial charge < -0.3 is 9.64 Å². The van der Waals surface area contributed by atoms with Crippen LogP contribution in [-0.2, 0) is 21.3 Å². The van der Waals surface area contributed by atoms with Crippen molar-refractivity contribution in [2.45, 2.75) is 24.3 Å². The number of halogens is 2. The molecule has 0 saturated heterocycles. The lowest BCUT2D eigenvalue weighted by Crippen LogP contribution is -2.31. The Kier molecular flexibility index (Phi) is 7.02. The van der Waals surface area contributed by atoms with Crippen LogP contribution in [0.1, 0.15) is 29.5 Å². The molecule has 8 heteroatoms. The molecule has 28 heavy (non-hydrogen) atoms. The summed E-state index contributed by atoms with van der Waals surface area (Å²) in [6.45, 7) is 4.59. The van der Waals surface area contributed by atoms with Gasteiger partial charge in [0.15, 0.2) is 0 Å². The van der Waals surface area contributed by atoms with E-state index in [0.717, 1.165) is 29.8 Å². The molecule has 0 spiro atoms. The third kappa shape index (κ3) is 4.87. The number of ether oxygens (including phenoxy) is 1. The molecule has 0 fully saturated rings. The minimum atomic E-state index is -3.56. The first-order valence-corrected chi connectivity index (χ1v) is 11.4. The van der Waals surface area contributed by atoms with Crippen LogP contribution in [-0.4, -0.2) is 46.7 Å².